The van der Waals surface area contributed by atoms with Crippen LogP contribution in [0.5, 0.6) is 0 Å². The number of nitrogens with one attached hydrogen (secondary N) is 1. The van der Waals surface area contributed by atoms with Crippen LogP contribution in [0.2, 0.25) is 5.02 Å². The summed E-state index contributed by atoms with van der Waals surface area (Å²) in [6.45, 7) is 7.26. The maximum absolute atomic E-state index is 13.2. The summed E-state index contributed by atoms with van der Waals surface area (Å²) in [5.41, 5.74) is 2.62. The van der Waals surface area contributed by atoms with E-state index in [4.69, 9.17) is 16.3 Å². The topological polar surface area (TPSA) is 58.6 Å². The Morgan fingerprint density at radius 2 is 1.76 bits per heavy atom. The summed E-state index contributed by atoms with van der Waals surface area (Å²) in [4.78, 5) is 27.7. The van der Waals surface area contributed by atoms with E-state index in [1.807, 2.05) is 57.2 Å². The molecule has 2 amide bonds. The van der Waals surface area contributed by atoms with Crippen molar-refractivity contribution in [3.05, 3.63) is 70.2 Å². The lowest BCUT2D eigenvalue weighted by molar-refractivity contribution is -0.142. The van der Waals surface area contributed by atoms with Crippen LogP contribution in [-0.2, 0) is 9.53 Å². The summed E-state index contributed by atoms with van der Waals surface area (Å²) < 4.78 is 5.86. The molecule has 3 rings (SSSR count). The van der Waals surface area contributed by atoms with Crippen molar-refractivity contribution in [2.24, 2.45) is 5.92 Å². The van der Waals surface area contributed by atoms with Gasteiger partial charge in [0.1, 0.15) is 12.1 Å². The number of carbonyl (C=O) groups is 2. The van der Waals surface area contributed by atoms with Crippen LogP contribution in [0.25, 0.3) is 0 Å². The molecule has 5 nitrogen and oxygen atoms in total. The third kappa shape index (κ3) is 5.37. The number of ether oxygens (including phenoxy) is 1. The van der Waals surface area contributed by atoms with Crippen molar-refractivity contribution in [1.82, 2.24) is 10.2 Å². The first kappa shape index (κ1) is 21.3. The Labute approximate surface area is 177 Å². The van der Waals surface area contributed by atoms with Gasteiger partial charge in [-0.25, -0.2) is 0 Å². The third-order valence-electron chi connectivity index (χ3n) is 5.15. The summed E-state index contributed by atoms with van der Waals surface area (Å²) in [7, 11) is 0. The number of amides is 2. The van der Waals surface area contributed by atoms with E-state index < -0.39 is 6.04 Å². The van der Waals surface area contributed by atoms with Crippen LogP contribution in [-0.4, -0.2) is 42.5 Å². The molecule has 1 N–H and O–H groups in total. The normalized spacial score (nSPS) is 17.8. The van der Waals surface area contributed by atoms with Gasteiger partial charge in [0.15, 0.2) is 0 Å². The number of hydrogen-bond acceptors (Lipinski definition) is 3. The third-order valence-corrected chi connectivity index (χ3v) is 5.40. The molecule has 1 saturated heterocycles. The minimum atomic E-state index is -0.590. The van der Waals surface area contributed by atoms with E-state index in [-0.39, 0.29) is 23.8 Å². The zero-order valence-corrected chi connectivity index (χ0v) is 17.8. The van der Waals surface area contributed by atoms with Gasteiger partial charge in [0.2, 0.25) is 5.91 Å². The Hall–Kier alpha value is -2.37. The lowest BCUT2D eigenvalue weighted by atomic mass is 10.0. The van der Waals surface area contributed by atoms with E-state index in [9.17, 15) is 9.59 Å². The molecule has 29 heavy (non-hydrogen) atoms. The lowest BCUT2D eigenvalue weighted by Crippen LogP contribution is -2.54. The molecule has 2 aromatic rings. The van der Waals surface area contributed by atoms with E-state index in [1.165, 1.54) is 0 Å². The van der Waals surface area contributed by atoms with Crippen LogP contribution < -0.4 is 5.32 Å². The predicted molar refractivity (Wildman–Crippen MR) is 114 cm³/mol. The molecule has 0 radical (unpaired) electrons. The molecule has 0 aromatic heterocycles. The second kappa shape index (κ2) is 9.42. The summed E-state index contributed by atoms with van der Waals surface area (Å²) in [5, 5.41) is 3.59. The van der Waals surface area contributed by atoms with Crippen molar-refractivity contribution in [3.63, 3.8) is 0 Å². The largest absolute Gasteiger partial charge is 0.370 e. The van der Waals surface area contributed by atoms with Gasteiger partial charge < -0.3 is 15.0 Å². The Balaban J connectivity index is 1.70. The second-order valence-corrected chi connectivity index (χ2v) is 8.19. The van der Waals surface area contributed by atoms with E-state index in [2.05, 4.69) is 5.32 Å². The fourth-order valence-corrected chi connectivity index (χ4v) is 3.49. The van der Waals surface area contributed by atoms with Gasteiger partial charge in [0.05, 0.1) is 13.2 Å². The van der Waals surface area contributed by atoms with Crippen LogP contribution in [0, 0.1) is 12.8 Å². The molecule has 2 aromatic carbocycles. The Bertz CT molecular complexity index is 849. The maximum Gasteiger partial charge on any atom is 0.251 e. The molecule has 1 aliphatic heterocycles. The highest BCUT2D eigenvalue weighted by Gasteiger charge is 2.32. The van der Waals surface area contributed by atoms with Gasteiger partial charge in [-0.1, -0.05) is 55.3 Å². The first-order valence-corrected chi connectivity index (χ1v) is 10.3. The Morgan fingerprint density at radius 1 is 1.10 bits per heavy atom. The van der Waals surface area contributed by atoms with Crippen LogP contribution in [0.15, 0.2) is 48.5 Å². The van der Waals surface area contributed by atoms with Crippen molar-refractivity contribution < 1.29 is 14.3 Å². The highest BCUT2D eigenvalue weighted by atomic mass is 35.5. The lowest BCUT2D eigenvalue weighted by Gasteiger charge is -2.36. The standard InChI is InChI=1S/C23H27ClN2O3/c1-15(2)21(25-22(27)18-6-4-16(3)5-7-18)23(28)26-12-13-29-20(14-26)17-8-10-19(24)11-9-17/h4-11,15,20-21H,12-14H2,1-3H3,(H,25,27). The quantitative estimate of drug-likeness (QED) is 0.804. The molecule has 0 aliphatic carbocycles. The molecule has 2 atom stereocenters. The summed E-state index contributed by atoms with van der Waals surface area (Å²) in [6.07, 6.45) is -0.203. The van der Waals surface area contributed by atoms with E-state index in [0.29, 0.717) is 30.3 Å². The predicted octanol–water partition coefficient (Wildman–Crippen LogP) is 4.00. The Kier molecular flexibility index (Phi) is 6.93. The minimum absolute atomic E-state index is 0.0336. The van der Waals surface area contributed by atoms with Crippen LogP contribution in [0.4, 0.5) is 0 Å². The van der Waals surface area contributed by atoms with Crippen molar-refractivity contribution in [3.8, 4) is 0 Å². The molecular weight excluding hydrogens is 388 g/mol. The molecule has 6 heteroatoms. The van der Waals surface area contributed by atoms with E-state index in [1.54, 1.807) is 17.0 Å². The van der Waals surface area contributed by atoms with Crippen molar-refractivity contribution in [1.29, 1.82) is 0 Å². The number of carbonyl (C=O) groups excluding carboxylic acids is 2. The number of aryl methyl sites for hydroxylation is 1. The smallest absolute Gasteiger partial charge is 0.251 e. The zero-order valence-electron chi connectivity index (χ0n) is 17.0. The number of morpholine rings is 1. The fourth-order valence-electron chi connectivity index (χ4n) is 3.37. The average molecular weight is 415 g/mol. The van der Waals surface area contributed by atoms with Gasteiger partial charge in [0, 0.05) is 17.1 Å². The van der Waals surface area contributed by atoms with E-state index >= 15 is 0 Å². The van der Waals surface area contributed by atoms with Crippen molar-refractivity contribution in [2.75, 3.05) is 19.7 Å². The van der Waals surface area contributed by atoms with Gasteiger partial charge >= 0.3 is 0 Å². The molecule has 1 fully saturated rings. The minimum Gasteiger partial charge on any atom is -0.370 e. The monoisotopic (exact) mass is 414 g/mol. The number of halogens is 1. The maximum atomic E-state index is 13.2. The average Bonchev–Trinajstić information content (AvgIpc) is 2.72. The van der Waals surface area contributed by atoms with Crippen LogP contribution in [0.1, 0.15) is 41.4 Å². The first-order chi connectivity index (χ1) is 13.8. The van der Waals surface area contributed by atoms with Gasteiger partial charge in [-0.05, 0) is 42.7 Å². The van der Waals surface area contributed by atoms with Gasteiger partial charge in [0.25, 0.3) is 5.91 Å². The van der Waals surface area contributed by atoms with Crippen molar-refractivity contribution >= 4 is 23.4 Å². The molecule has 0 bridgehead atoms. The highest BCUT2D eigenvalue weighted by Crippen LogP contribution is 2.24. The fraction of sp³-hybridized carbons (Fsp3) is 0.391. The molecule has 1 heterocycles. The number of hydrogen-bond donors (Lipinski definition) is 1. The number of nitrogens with zero attached hydrogens (tertiary/aromatic N) is 1. The first-order valence-electron chi connectivity index (χ1n) is 9.88. The van der Waals surface area contributed by atoms with Crippen LogP contribution >= 0.6 is 11.6 Å². The number of benzene rings is 2. The van der Waals surface area contributed by atoms with Gasteiger partial charge in [-0.2, -0.15) is 0 Å². The van der Waals surface area contributed by atoms with Gasteiger partial charge in [-0.15, -0.1) is 0 Å². The molecular formula is C23H27ClN2O3. The zero-order chi connectivity index (χ0) is 21.0. The Morgan fingerprint density at radius 3 is 2.38 bits per heavy atom. The molecule has 2 unspecified atom stereocenters. The molecule has 0 saturated carbocycles. The summed E-state index contributed by atoms with van der Waals surface area (Å²) in [5.74, 6) is -0.351. The summed E-state index contributed by atoms with van der Waals surface area (Å²) in [6, 6.07) is 14.2. The SMILES string of the molecule is Cc1ccc(C(=O)NC(C(=O)N2CCOC(c3ccc(Cl)cc3)C2)C(C)C)cc1. The second-order valence-electron chi connectivity index (χ2n) is 7.76. The molecule has 154 valence electrons. The molecule has 1 aliphatic rings. The van der Waals surface area contributed by atoms with Crippen molar-refractivity contribution in [2.45, 2.75) is 32.9 Å². The number of rotatable bonds is 5. The van der Waals surface area contributed by atoms with Crippen LogP contribution in [0.3, 0.4) is 0 Å². The summed E-state index contributed by atoms with van der Waals surface area (Å²) >= 11 is 5.97. The highest BCUT2D eigenvalue weighted by molar-refractivity contribution is 6.30. The molecule has 0 spiro atoms. The van der Waals surface area contributed by atoms with Gasteiger partial charge in [-0.3, -0.25) is 9.59 Å². The van der Waals surface area contributed by atoms with E-state index in [0.717, 1.165) is 11.1 Å².